The molecule has 0 spiro atoms. The molecule has 0 radical (unpaired) electrons. The van der Waals surface area contributed by atoms with Gasteiger partial charge in [0.1, 0.15) is 4.88 Å². The molecule has 19 heavy (non-hydrogen) atoms. The van der Waals surface area contributed by atoms with Crippen molar-refractivity contribution in [2.45, 2.75) is 32.7 Å². The van der Waals surface area contributed by atoms with E-state index in [0.717, 1.165) is 10.7 Å². The first-order chi connectivity index (χ1) is 8.99. The van der Waals surface area contributed by atoms with Gasteiger partial charge in [-0.25, -0.2) is 4.98 Å². The number of nitrogens with one attached hydrogen (secondary N) is 1. The van der Waals surface area contributed by atoms with Gasteiger partial charge in [-0.15, -0.1) is 11.3 Å². The van der Waals surface area contributed by atoms with Crippen molar-refractivity contribution in [1.29, 1.82) is 0 Å². The number of hydrogen-bond acceptors (Lipinski definition) is 4. The molecular weight excluding hydrogens is 262 g/mol. The quantitative estimate of drug-likeness (QED) is 0.818. The van der Waals surface area contributed by atoms with E-state index in [-0.39, 0.29) is 23.8 Å². The fraction of sp³-hybridized carbons (Fsp3) is 0.462. The molecule has 0 saturated carbocycles. The Morgan fingerprint density at radius 2 is 2.05 bits per heavy atom. The molecule has 1 aliphatic carbocycles. The van der Waals surface area contributed by atoms with Gasteiger partial charge in [0.25, 0.3) is 5.91 Å². The first kappa shape index (κ1) is 13.7. The molecule has 2 rings (SSSR count). The zero-order valence-corrected chi connectivity index (χ0v) is 11.8. The van der Waals surface area contributed by atoms with Crippen LogP contribution in [0, 0.1) is 19.8 Å². The van der Waals surface area contributed by atoms with E-state index in [1.165, 1.54) is 11.3 Å². The Bertz CT molecular complexity index is 536. The number of primary amides is 1. The lowest BCUT2D eigenvalue weighted by molar-refractivity contribution is -0.122. The molecule has 5 nitrogen and oxygen atoms in total. The summed E-state index contributed by atoms with van der Waals surface area (Å²) < 4.78 is 0. The molecule has 3 N–H and O–H groups in total. The Balaban J connectivity index is 2.11. The van der Waals surface area contributed by atoms with Crippen molar-refractivity contribution in [3.05, 3.63) is 27.7 Å². The highest BCUT2D eigenvalue weighted by atomic mass is 32.1. The van der Waals surface area contributed by atoms with Gasteiger partial charge in [-0.05, 0) is 26.7 Å². The number of thiazole rings is 1. The number of rotatable bonds is 3. The van der Waals surface area contributed by atoms with Crippen molar-refractivity contribution in [2.75, 3.05) is 0 Å². The van der Waals surface area contributed by atoms with Crippen LogP contribution in [-0.2, 0) is 4.79 Å². The lowest BCUT2D eigenvalue weighted by atomic mass is 9.88. The number of carbonyl (C=O) groups is 2. The third-order valence-electron chi connectivity index (χ3n) is 3.22. The van der Waals surface area contributed by atoms with Gasteiger partial charge < -0.3 is 11.1 Å². The third kappa shape index (κ3) is 3.01. The summed E-state index contributed by atoms with van der Waals surface area (Å²) in [6.45, 7) is 3.68. The lowest BCUT2D eigenvalue weighted by Gasteiger charge is -2.26. The zero-order chi connectivity index (χ0) is 14.0. The smallest absolute Gasteiger partial charge is 0.263 e. The Hall–Kier alpha value is -1.69. The second kappa shape index (κ2) is 5.52. The average molecular weight is 279 g/mol. The Kier molecular flexibility index (Phi) is 3.99. The lowest BCUT2D eigenvalue weighted by Crippen LogP contribution is -2.46. The van der Waals surface area contributed by atoms with Crippen molar-refractivity contribution < 1.29 is 9.59 Å². The summed E-state index contributed by atoms with van der Waals surface area (Å²) in [6.07, 6.45) is 5.12. The fourth-order valence-corrected chi connectivity index (χ4v) is 3.09. The van der Waals surface area contributed by atoms with Gasteiger partial charge in [0.05, 0.1) is 16.6 Å². The summed E-state index contributed by atoms with van der Waals surface area (Å²) in [5.74, 6) is -0.871. The van der Waals surface area contributed by atoms with Crippen LogP contribution in [0.4, 0.5) is 0 Å². The second-order valence-electron chi connectivity index (χ2n) is 4.68. The molecule has 1 aromatic rings. The van der Waals surface area contributed by atoms with Crippen LogP contribution in [0.1, 0.15) is 33.2 Å². The summed E-state index contributed by atoms with van der Waals surface area (Å²) >= 11 is 1.36. The van der Waals surface area contributed by atoms with Gasteiger partial charge in [0.2, 0.25) is 5.91 Å². The number of aromatic nitrogens is 1. The molecule has 2 atom stereocenters. The van der Waals surface area contributed by atoms with Gasteiger partial charge in [0.15, 0.2) is 0 Å². The van der Waals surface area contributed by atoms with Crippen LogP contribution in [0.25, 0.3) is 0 Å². The number of hydrogen-bond donors (Lipinski definition) is 2. The number of nitrogens with two attached hydrogens (primary N) is 1. The van der Waals surface area contributed by atoms with Crippen LogP contribution in [0.3, 0.4) is 0 Å². The monoisotopic (exact) mass is 279 g/mol. The molecule has 2 amide bonds. The third-order valence-corrected chi connectivity index (χ3v) is 4.30. The maximum Gasteiger partial charge on any atom is 0.263 e. The average Bonchev–Trinajstić information content (AvgIpc) is 2.69. The van der Waals surface area contributed by atoms with Crippen molar-refractivity contribution in [2.24, 2.45) is 11.7 Å². The van der Waals surface area contributed by atoms with E-state index in [1.807, 2.05) is 26.0 Å². The highest BCUT2D eigenvalue weighted by Gasteiger charge is 2.29. The van der Waals surface area contributed by atoms with Crippen LogP contribution in [0.2, 0.25) is 0 Å². The van der Waals surface area contributed by atoms with Crippen LogP contribution >= 0.6 is 11.3 Å². The van der Waals surface area contributed by atoms with Crippen LogP contribution < -0.4 is 11.1 Å². The van der Waals surface area contributed by atoms with E-state index in [9.17, 15) is 9.59 Å². The Morgan fingerprint density at radius 3 is 2.63 bits per heavy atom. The molecule has 0 unspecified atom stereocenters. The Labute approximate surface area is 115 Å². The maximum atomic E-state index is 12.2. The molecule has 1 aliphatic rings. The van der Waals surface area contributed by atoms with Gasteiger partial charge in [-0.3, -0.25) is 9.59 Å². The predicted octanol–water partition coefficient (Wildman–Crippen LogP) is 1.31. The molecule has 6 heteroatoms. The Morgan fingerprint density at radius 1 is 1.37 bits per heavy atom. The van der Waals surface area contributed by atoms with E-state index in [4.69, 9.17) is 5.73 Å². The van der Waals surface area contributed by atoms with Crippen molar-refractivity contribution in [3.8, 4) is 0 Å². The van der Waals surface area contributed by atoms with E-state index < -0.39 is 0 Å². The molecule has 0 fully saturated rings. The van der Waals surface area contributed by atoms with Crippen LogP contribution in [-0.4, -0.2) is 22.8 Å². The molecule has 0 saturated heterocycles. The summed E-state index contributed by atoms with van der Waals surface area (Å²) in [7, 11) is 0. The molecule has 0 aliphatic heterocycles. The predicted molar refractivity (Wildman–Crippen MR) is 73.9 cm³/mol. The molecule has 0 bridgehead atoms. The minimum Gasteiger partial charge on any atom is -0.369 e. The van der Waals surface area contributed by atoms with Crippen molar-refractivity contribution in [3.63, 3.8) is 0 Å². The van der Waals surface area contributed by atoms with Crippen LogP contribution in [0.5, 0.6) is 0 Å². The fourth-order valence-electron chi connectivity index (χ4n) is 2.26. The molecule has 102 valence electrons. The van der Waals surface area contributed by atoms with E-state index in [0.29, 0.717) is 17.7 Å². The minimum absolute atomic E-state index is 0.172. The van der Waals surface area contributed by atoms with Gasteiger partial charge in [0, 0.05) is 6.04 Å². The number of amides is 2. The van der Waals surface area contributed by atoms with Gasteiger partial charge in [-0.1, -0.05) is 12.2 Å². The molecule has 1 aromatic heterocycles. The van der Waals surface area contributed by atoms with Crippen molar-refractivity contribution in [1.82, 2.24) is 10.3 Å². The SMILES string of the molecule is Cc1nc(C)c(C(=O)N[C@H]2CC=CC[C@@H]2C(N)=O)s1. The number of allylic oxidation sites excluding steroid dienone is 1. The van der Waals surface area contributed by atoms with Crippen LogP contribution in [0.15, 0.2) is 12.2 Å². The summed E-state index contributed by atoms with van der Waals surface area (Å²) in [5, 5.41) is 3.76. The van der Waals surface area contributed by atoms with E-state index >= 15 is 0 Å². The standard InChI is InChI=1S/C13H17N3O2S/c1-7-11(19-8(2)15-7)13(18)16-10-6-4-3-5-9(10)12(14)17/h3-4,9-10H,5-6H2,1-2H3,(H2,14,17)(H,16,18)/t9-,10-/m0/s1. The normalized spacial score (nSPS) is 22.2. The van der Waals surface area contributed by atoms with E-state index in [2.05, 4.69) is 10.3 Å². The summed E-state index contributed by atoms with van der Waals surface area (Å²) in [5.41, 5.74) is 6.10. The topological polar surface area (TPSA) is 85.1 Å². The van der Waals surface area contributed by atoms with Gasteiger partial charge in [-0.2, -0.15) is 0 Å². The summed E-state index contributed by atoms with van der Waals surface area (Å²) in [6, 6.07) is -0.225. The molecule has 1 heterocycles. The van der Waals surface area contributed by atoms with Crippen molar-refractivity contribution >= 4 is 23.2 Å². The first-order valence-electron chi connectivity index (χ1n) is 6.18. The van der Waals surface area contributed by atoms with Gasteiger partial charge >= 0.3 is 0 Å². The number of aryl methyl sites for hydroxylation is 2. The highest BCUT2D eigenvalue weighted by molar-refractivity contribution is 7.13. The van der Waals surface area contributed by atoms with E-state index in [1.54, 1.807) is 0 Å². The number of nitrogens with zero attached hydrogens (tertiary/aromatic N) is 1. The number of carbonyl (C=O) groups excluding carboxylic acids is 2. The second-order valence-corrected chi connectivity index (χ2v) is 5.88. The zero-order valence-electron chi connectivity index (χ0n) is 11.0. The first-order valence-corrected chi connectivity index (χ1v) is 7.00. The molecular formula is C13H17N3O2S. The minimum atomic E-state index is -0.369. The molecule has 0 aromatic carbocycles. The largest absolute Gasteiger partial charge is 0.369 e. The summed E-state index contributed by atoms with van der Waals surface area (Å²) in [4.78, 5) is 28.4. The highest BCUT2D eigenvalue weighted by Crippen LogP contribution is 2.21. The maximum absolute atomic E-state index is 12.2.